The summed E-state index contributed by atoms with van der Waals surface area (Å²) in [5.74, 6) is 2.35. The number of aromatic nitrogens is 4. The van der Waals surface area contributed by atoms with Crippen LogP contribution in [-0.2, 0) is 0 Å². The molecule has 0 aliphatic carbocycles. The summed E-state index contributed by atoms with van der Waals surface area (Å²) in [5, 5.41) is 0.488. The van der Waals surface area contributed by atoms with Crippen molar-refractivity contribution in [3.63, 3.8) is 0 Å². The van der Waals surface area contributed by atoms with E-state index < -0.39 is 0 Å². The van der Waals surface area contributed by atoms with E-state index in [1.54, 1.807) is 18.5 Å². The number of imidazole rings is 1. The van der Waals surface area contributed by atoms with Gasteiger partial charge in [0.2, 0.25) is 0 Å². The predicted molar refractivity (Wildman–Crippen MR) is 113 cm³/mol. The summed E-state index contributed by atoms with van der Waals surface area (Å²) in [5.41, 5.74) is 2.59. The highest BCUT2D eigenvalue weighted by atomic mass is 35.5. The molecule has 0 saturated carbocycles. The normalized spacial score (nSPS) is 14.3. The van der Waals surface area contributed by atoms with Crippen LogP contribution in [0.5, 0.6) is 0 Å². The van der Waals surface area contributed by atoms with Crippen LogP contribution in [0.15, 0.2) is 36.7 Å². The molecule has 29 heavy (non-hydrogen) atoms. The number of nitrogens with zero attached hydrogens (tertiary/aromatic N) is 6. The maximum Gasteiger partial charge on any atom is 0.255 e. The van der Waals surface area contributed by atoms with E-state index in [2.05, 4.69) is 19.9 Å². The van der Waals surface area contributed by atoms with E-state index in [0.717, 1.165) is 23.0 Å². The van der Waals surface area contributed by atoms with Crippen LogP contribution in [-0.4, -0.2) is 56.5 Å². The van der Waals surface area contributed by atoms with Gasteiger partial charge < -0.3 is 9.80 Å². The van der Waals surface area contributed by atoms with Gasteiger partial charge in [-0.15, -0.1) is 0 Å². The quantitative estimate of drug-likeness (QED) is 0.663. The Morgan fingerprint density at radius 3 is 2.34 bits per heavy atom. The molecule has 0 bridgehead atoms. The summed E-state index contributed by atoms with van der Waals surface area (Å²) < 4.78 is 1.98. The zero-order valence-corrected chi connectivity index (χ0v) is 17.5. The molecule has 3 heterocycles. The zero-order valence-electron chi connectivity index (χ0n) is 16.8. The Kier molecular flexibility index (Phi) is 5.24. The smallest absolute Gasteiger partial charge is 0.255 e. The first-order valence-corrected chi connectivity index (χ1v) is 9.97. The highest BCUT2D eigenvalue weighted by molar-refractivity contribution is 6.33. The van der Waals surface area contributed by atoms with Crippen molar-refractivity contribution >= 4 is 23.3 Å². The third-order valence-corrected chi connectivity index (χ3v) is 5.63. The summed E-state index contributed by atoms with van der Waals surface area (Å²) in [7, 11) is 0. The van der Waals surface area contributed by atoms with Gasteiger partial charge in [-0.2, -0.15) is 0 Å². The number of aryl methyl sites for hydroxylation is 2. The molecular weight excluding hydrogens is 388 g/mol. The molecule has 8 heteroatoms. The fraction of sp³-hybridized carbons (Fsp3) is 0.333. The van der Waals surface area contributed by atoms with Crippen molar-refractivity contribution in [3.8, 4) is 5.82 Å². The van der Waals surface area contributed by atoms with Gasteiger partial charge in [0.05, 0.1) is 16.3 Å². The Hall–Kier alpha value is -2.93. The zero-order chi connectivity index (χ0) is 20.5. The second-order valence-corrected chi connectivity index (χ2v) is 7.58. The number of hydrogen-bond acceptors (Lipinski definition) is 5. The Morgan fingerprint density at radius 2 is 1.69 bits per heavy atom. The van der Waals surface area contributed by atoms with Crippen molar-refractivity contribution in [3.05, 3.63) is 64.5 Å². The van der Waals surface area contributed by atoms with Crippen molar-refractivity contribution in [2.75, 3.05) is 31.1 Å². The summed E-state index contributed by atoms with van der Waals surface area (Å²) in [6, 6.07) is 9.16. The predicted octanol–water partition coefficient (Wildman–Crippen LogP) is 3.20. The van der Waals surface area contributed by atoms with Gasteiger partial charge in [-0.25, -0.2) is 15.0 Å². The van der Waals surface area contributed by atoms with Crippen LogP contribution < -0.4 is 4.90 Å². The molecular formula is C21H23ClN6O. The fourth-order valence-corrected chi connectivity index (χ4v) is 3.71. The summed E-state index contributed by atoms with van der Waals surface area (Å²) in [4.78, 5) is 30.4. The number of amides is 1. The van der Waals surface area contributed by atoms with Gasteiger partial charge in [-0.05, 0) is 32.9 Å². The number of piperazine rings is 1. The molecule has 1 saturated heterocycles. The molecule has 1 fully saturated rings. The second-order valence-electron chi connectivity index (χ2n) is 7.18. The molecule has 0 spiro atoms. The largest absolute Gasteiger partial charge is 0.353 e. The third kappa shape index (κ3) is 3.82. The van der Waals surface area contributed by atoms with Crippen LogP contribution >= 0.6 is 11.6 Å². The summed E-state index contributed by atoms with van der Waals surface area (Å²) >= 11 is 6.19. The van der Waals surface area contributed by atoms with Crippen LogP contribution in [0, 0.1) is 20.8 Å². The first-order chi connectivity index (χ1) is 13.9. The molecule has 0 radical (unpaired) electrons. The molecule has 0 unspecified atom stereocenters. The molecule has 1 amide bonds. The van der Waals surface area contributed by atoms with Crippen LogP contribution in [0.2, 0.25) is 5.02 Å². The third-order valence-electron chi connectivity index (χ3n) is 5.30. The number of anilines is 1. The summed E-state index contributed by atoms with van der Waals surface area (Å²) in [6.45, 7) is 8.54. The Bertz CT molecular complexity index is 1060. The van der Waals surface area contributed by atoms with Crippen LogP contribution in [0.1, 0.15) is 27.6 Å². The molecule has 1 aliphatic rings. The molecule has 1 aliphatic heterocycles. The highest BCUT2D eigenvalue weighted by Crippen LogP contribution is 2.21. The average molecular weight is 411 g/mol. The van der Waals surface area contributed by atoms with Gasteiger partial charge in [0.15, 0.2) is 0 Å². The Morgan fingerprint density at radius 1 is 1.00 bits per heavy atom. The van der Waals surface area contributed by atoms with Crippen LogP contribution in [0.25, 0.3) is 5.82 Å². The van der Waals surface area contributed by atoms with E-state index >= 15 is 0 Å². The molecule has 3 aromatic rings. The molecule has 150 valence electrons. The SMILES string of the molecule is Cc1nc(N2CCN(C(=O)c3ccccc3Cl)CC2)cc(-n2cnc(C)c2C)n1. The monoisotopic (exact) mass is 410 g/mol. The van der Waals surface area contributed by atoms with E-state index in [1.165, 1.54) is 0 Å². The van der Waals surface area contributed by atoms with Crippen molar-refractivity contribution in [2.45, 2.75) is 20.8 Å². The van der Waals surface area contributed by atoms with Crippen molar-refractivity contribution in [1.82, 2.24) is 24.4 Å². The van der Waals surface area contributed by atoms with Gasteiger partial charge in [-0.1, -0.05) is 23.7 Å². The Labute approximate surface area is 175 Å². The molecule has 2 aromatic heterocycles. The molecule has 0 N–H and O–H groups in total. The average Bonchev–Trinajstić information content (AvgIpc) is 3.06. The Balaban J connectivity index is 1.51. The maximum atomic E-state index is 12.8. The van der Waals surface area contributed by atoms with Crippen molar-refractivity contribution in [2.24, 2.45) is 0 Å². The minimum absolute atomic E-state index is 0.0284. The summed E-state index contributed by atoms with van der Waals surface area (Å²) in [6.07, 6.45) is 1.79. The van der Waals surface area contributed by atoms with Gasteiger partial charge in [0.25, 0.3) is 5.91 Å². The number of rotatable bonds is 3. The van der Waals surface area contributed by atoms with Gasteiger partial charge in [0, 0.05) is 37.9 Å². The van der Waals surface area contributed by atoms with E-state index in [1.807, 2.05) is 48.4 Å². The first-order valence-electron chi connectivity index (χ1n) is 9.59. The minimum Gasteiger partial charge on any atom is -0.353 e. The van der Waals surface area contributed by atoms with Gasteiger partial charge in [-0.3, -0.25) is 9.36 Å². The van der Waals surface area contributed by atoms with E-state index in [0.29, 0.717) is 42.6 Å². The molecule has 4 rings (SSSR count). The first kappa shape index (κ1) is 19.4. The van der Waals surface area contributed by atoms with E-state index in [4.69, 9.17) is 11.6 Å². The lowest BCUT2D eigenvalue weighted by Gasteiger charge is -2.35. The standard InChI is InChI=1S/C21H23ClN6O/c1-14-15(2)28(13-23-14)20-12-19(24-16(3)25-20)26-8-10-27(11-9-26)21(29)17-6-4-5-7-18(17)22/h4-7,12-13H,8-11H2,1-3H3. The number of halogens is 1. The second kappa shape index (κ2) is 7.83. The molecule has 1 aromatic carbocycles. The minimum atomic E-state index is -0.0284. The maximum absolute atomic E-state index is 12.8. The highest BCUT2D eigenvalue weighted by Gasteiger charge is 2.24. The number of benzene rings is 1. The lowest BCUT2D eigenvalue weighted by atomic mass is 10.2. The van der Waals surface area contributed by atoms with Crippen LogP contribution in [0.4, 0.5) is 5.82 Å². The van der Waals surface area contributed by atoms with E-state index in [9.17, 15) is 4.79 Å². The van der Waals surface area contributed by atoms with E-state index in [-0.39, 0.29) is 5.91 Å². The number of hydrogen-bond donors (Lipinski definition) is 0. The van der Waals surface area contributed by atoms with Gasteiger partial charge in [0.1, 0.15) is 23.8 Å². The molecule has 7 nitrogen and oxygen atoms in total. The van der Waals surface area contributed by atoms with Gasteiger partial charge >= 0.3 is 0 Å². The fourth-order valence-electron chi connectivity index (χ4n) is 3.50. The lowest BCUT2D eigenvalue weighted by molar-refractivity contribution is 0.0746. The number of carbonyl (C=O) groups excluding carboxylic acids is 1. The topological polar surface area (TPSA) is 67.2 Å². The van der Waals surface area contributed by atoms with Crippen LogP contribution in [0.3, 0.4) is 0 Å². The molecule has 0 atom stereocenters. The van der Waals surface area contributed by atoms with Crippen molar-refractivity contribution in [1.29, 1.82) is 0 Å². The van der Waals surface area contributed by atoms with Crippen molar-refractivity contribution < 1.29 is 4.79 Å². The lowest BCUT2D eigenvalue weighted by Crippen LogP contribution is -2.49. The number of carbonyl (C=O) groups is 1.